The Labute approximate surface area is 164 Å². The third-order valence-electron chi connectivity index (χ3n) is 4.23. The molecule has 0 saturated carbocycles. The molecule has 3 aromatic rings. The zero-order valence-electron chi connectivity index (χ0n) is 15.4. The van der Waals surface area contributed by atoms with E-state index in [2.05, 4.69) is 22.6 Å². The van der Waals surface area contributed by atoms with Crippen LogP contribution in [0.15, 0.2) is 54.7 Å². The lowest BCUT2D eigenvalue weighted by molar-refractivity contribution is 0.112. The molecule has 27 heavy (non-hydrogen) atoms. The fourth-order valence-electron chi connectivity index (χ4n) is 2.72. The number of unbranched alkanes of at least 4 members (excludes halogenated alkanes) is 1. The van der Waals surface area contributed by atoms with Crippen LogP contribution in [0.5, 0.6) is 11.5 Å². The second-order valence-electron chi connectivity index (χ2n) is 6.18. The molecule has 0 aliphatic heterocycles. The van der Waals surface area contributed by atoms with Gasteiger partial charge in [0.25, 0.3) is 0 Å². The number of carbonyl (C=O) groups excluding carboxylic acids is 1. The number of nitrogens with zero attached hydrogens (tertiary/aromatic N) is 2. The molecule has 1 aromatic heterocycles. The molecule has 0 aliphatic rings. The minimum absolute atomic E-state index is 0.439. The molecule has 4 nitrogen and oxygen atoms in total. The lowest BCUT2D eigenvalue weighted by Gasteiger charge is -2.10. The Kier molecular flexibility index (Phi) is 6.09. The van der Waals surface area contributed by atoms with E-state index >= 15 is 0 Å². The van der Waals surface area contributed by atoms with Crippen LogP contribution in [-0.2, 0) is 7.05 Å². The molecule has 0 atom stereocenters. The Bertz CT molecular complexity index is 959. The van der Waals surface area contributed by atoms with Crippen molar-refractivity contribution >= 4 is 24.0 Å². The summed E-state index contributed by atoms with van der Waals surface area (Å²) in [5, 5.41) is 0.519. The first-order valence-corrected chi connectivity index (χ1v) is 9.21. The van der Waals surface area contributed by atoms with Gasteiger partial charge in [-0.25, -0.2) is 4.98 Å². The molecule has 0 spiro atoms. The van der Waals surface area contributed by atoms with Gasteiger partial charge in [0.1, 0.15) is 17.3 Å². The highest BCUT2D eigenvalue weighted by Gasteiger charge is 2.09. The van der Waals surface area contributed by atoms with Gasteiger partial charge in [0.15, 0.2) is 6.29 Å². The van der Waals surface area contributed by atoms with Crippen LogP contribution in [0.3, 0.4) is 0 Å². The number of hydrogen-bond donors (Lipinski definition) is 0. The topological polar surface area (TPSA) is 44.1 Å². The summed E-state index contributed by atoms with van der Waals surface area (Å²) in [7, 11) is 2.00. The molecule has 0 saturated heterocycles. The minimum Gasteiger partial charge on any atom is -0.457 e. The number of hydrogen-bond acceptors (Lipinski definition) is 3. The van der Waals surface area contributed by atoms with Crippen molar-refractivity contribution in [1.82, 2.24) is 9.55 Å². The molecule has 0 amide bonds. The summed E-state index contributed by atoms with van der Waals surface area (Å²) in [4.78, 5) is 15.6. The van der Waals surface area contributed by atoms with Gasteiger partial charge in [0.2, 0.25) is 0 Å². The van der Waals surface area contributed by atoms with Crippen molar-refractivity contribution in [3.63, 3.8) is 0 Å². The van der Waals surface area contributed by atoms with Gasteiger partial charge in [-0.15, -0.1) is 0 Å². The van der Waals surface area contributed by atoms with Gasteiger partial charge in [-0.1, -0.05) is 31.0 Å². The summed E-state index contributed by atoms with van der Waals surface area (Å²) in [5.41, 5.74) is 2.52. The van der Waals surface area contributed by atoms with E-state index in [1.807, 2.05) is 43.6 Å². The van der Waals surface area contributed by atoms with E-state index < -0.39 is 0 Å². The molecule has 3 rings (SSSR count). The first-order chi connectivity index (χ1) is 13.1. The minimum atomic E-state index is 0.439. The SMILES string of the molecule is CCC/C=C/c1ncc(-c2ccc(Oc3cc(Cl)ccc3C=O)cc2)n1C. The van der Waals surface area contributed by atoms with Crippen molar-refractivity contribution in [3.8, 4) is 22.8 Å². The molecule has 0 radical (unpaired) electrons. The van der Waals surface area contributed by atoms with E-state index in [0.717, 1.165) is 36.2 Å². The Morgan fingerprint density at radius 1 is 1.19 bits per heavy atom. The summed E-state index contributed by atoms with van der Waals surface area (Å²) in [6.45, 7) is 2.15. The van der Waals surface area contributed by atoms with Crippen molar-refractivity contribution in [3.05, 3.63) is 71.1 Å². The van der Waals surface area contributed by atoms with Gasteiger partial charge < -0.3 is 9.30 Å². The monoisotopic (exact) mass is 380 g/mol. The van der Waals surface area contributed by atoms with Gasteiger partial charge >= 0.3 is 0 Å². The van der Waals surface area contributed by atoms with Gasteiger partial charge in [-0.2, -0.15) is 0 Å². The average molecular weight is 381 g/mol. The first kappa shape index (κ1) is 18.9. The molecular formula is C22H21ClN2O2. The zero-order chi connectivity index (χ0) is 19.2. The van der Waals surface area contributed by atoms with Gasteiger partial charge in [0, 0.05) is 23.7 Å². The second-order valence-corrected chi connectivity index (χ2v) is 6.61. The van der Waals surface area contributed by atoms with Crippen LogP contribution in [-0.4, -0.2) is 15.8 Å². The molecule has 5 heteroatoms. The van der Waals surface area contributed by atoms with E-state index in [0.29, 0.717) is 22.1 Å². The highest BCUT2D eigenvalue weighted by Crippen LogP contribution is 2.29. The number of imidazole rings is 1. The summed E-state index contributed by atoms with van der Waals surface area (Å²) in [5.74, 6) is 2.00. The zero-order valence-corrected chi connectivity index (χ0v) is 16.1. The average Bonchev–Trinajstić information content (AvgIpc) is 3.03. The molecule has 2 aromatic carbocycles. The number of allylic oxidation sites excluding steroid dienone is 1. The van der Waals surface area contributed by atoms with E-state index in [9.17, 15) is 4.79 Å². The van der Waals surface area contributed by atoms with Crippen molar-refractivity contribution < 1.29 is 9.53 Å². The molecule has 0 unspecified atom stereocenters. The van der Waals surface area contributed by atoms with Crippen LogP contribution in [0.4, 0.5) is 0 Å². The Balaban J connectivity index is 1.80. The number of benzene rings is 2. The molecule has 138 valence electrons. The normalized spacial score (nSPS) is 11.1. The van der Waals surface area contributed by atoms with Crippen molar-refractivity contribution in [2.24, 2.45) is 7.05 Å². The van der Waals surface area contributed by atoms with Crippen molar-refractivity contribution in [2.45, 2.75) is 19.8 Å². The number of ether oxygens (including phenoxy) is 1. The summed E-state index contributed by atoms with van der Waals surface area (Å²) in [6, 6.07) is 12.6. The number of carbonyl (C=O) groups is 1. The first-order valence-electron chi connectivity index (χ1n) is 8.83. The van der Waals surface area contributed by atoms with Crippen LogP contribution >= 0.6 is 11.6 Å². The van der Waals surface area contributed by atoms with Gasteiger partial charge in [0.05, 0.1) is 17.5 Å². The van der Waals surface area contributed by atoms with E-state index in [1.54, 1.807) is 18.2 Å². The summed E-state index contributed by atoms with van der Waals surface area (Å²) < 4.78 is 7.88. The van der Waals surface area contributed by atoms with E-state index in [1.165, 1.54) is 0 Å². The highest BCUT2D eigenvalue weighted by molar-refractivity contribution is 6.30. The summed E-state index contributed by atoms with van der Waals surface area (Å²) >= 11 is 6.00. The lowest BCUT2D eigenvalue weighted by atomic mass is 10.1. The Morgan fingerprint density at radius 3 is 2.67 bits per heavy atom. The smallest absolute Gasteiger partial charge is 0.153 e. The molecule has 0 aliphatic carbocycles. The van der Waals surface area contributed by atoms with Crippen LogP contribution in [0, 0.1) is 0 Å². The maximum Gasteiger partial charge on any atom is 0.153 e. The van der Waals surface area contributed by atoms with Crippen molar-refractivity contribution in [2.75, 3.05) is 0 Å². The number of aldehydes is 1. The standard InChI is InChI=1S/C22H21ClN2O2/c1-3-4-5-6-22-24-14-20(25(22)2)16-8-11-19(12-9-16)27-21-13-18(23)10-7-17(21)15-26/h5-15H,3-4H2,1-2H3/b6-5+. The predicted molar refractivity (Wildman–Crippen MR) is 109 cm³/mol. The highest BCUT2D eigenvalue weighted by atomic mass is 35.5. The predicted octanol–water partition coefficient (Wildman–Crippen LogP) is 6.16. The van der Waals surface area contributed by atoms with Gasteiger partial charge in [-0.3, -0.25) is 4.79 Å². The number of rotatable bonds is 7. The quantitative estimate of drug-likeness (QED) is 0.461. The maximum atomic E-state index is 11.2. The molecule has 0 N–H and O–H groups in total. The Morgan fingerprint density at radius 2 is 1.96 bits per heavy atom. The fourth-order valence-corrected chi connectivity index (χ4v) is 2.88. The number of aromatic nitrogens is 2. The van der Waals surface area contributed by atoms with Crippen LogP contribution in [0.1, 0.15) is 35.9 Å². The Hall–Kier alpha value is -2.85. The number of halogens is 1. The molecule has 0 bridgehead atoms. The van der Waals surface area contributed by atoms with Crippen LogP contribution < -0.4 is 4.74 Å². The van der Waals surface area contributed by atoms with E-state index in [4.69, 9.17) is 16.3 Å². The van der Waals surface area contributed by atoms with Crippen LogP contribution in [0.2, 0.25) is 5.02 Å². The van der Waals surface area contributed by atoms with Crippen molar-refractivity contribution in [1.29, 1.82) is 0 Å². The second kappa shape index (κ2) is 8.69. The molecular weight excluding hydrogens is 360 g/mol. The van der Waals surface area contributed by atoms with Gasteiger partial charge in [-0.05, 0) is 48.9 Å². The molecule has 1 heterocycles. The lowest BCUT2D eigenvalue weighted by Crippen LogP contribution is -1.95. The third kappa shape index (κ3) is 4.47. The van der Waals surface area contributed by atoms with Crippen LogP contribution in [0.25, 0.3) is 17.3 Å². The van der Waals surface area contributed by atoms with E-state index in [-0.39, 0.29) is 0 Å². The summed E-state index contributed by atoms with van der Waals surface area (Å²) in [6.07, 6.45) is 8.96. The third-order valence-corrected chi connectivity index (χ3v) is 4.46. The molecule has 0 fully saturated rings. The fraction of sp³-hybridized carbons (Fsp3) is 0.182. The largest absolute Gasteiger partial charge is 0.457 e. The maximum absolute atomic E-state index is 11.2.